The summed E-state index contributed by atoms with van der Waals surface area (Å²) < 4.78 is 13.4. The molecule has 0 aliphatic carbocycles. The molecule has 2 heteroatoms. The molecule has 21 heavy (non-hydrogen) atoms. The van der Waals surface area contributed by atoms with Crippen LogP contribution in [0.25, 0.3) is 10.8 Å². The van der Waals surface area contributed by atoms with Gasteiger partial charge >= 0.3 is 0 Å². The van der Waals surface area contributed by atoms with E-state index in [0.717, 1.165) is 16.7 Å². The molecule has 0 heterocycles. The average Bonchev–Trinajstić information content (AvgIpc) is 2.50. The third kappa shape index (κ3) is 2.96. The lowest BCUT2D eigenvalue weighted by atomic mass is 9.95. The number of hydrogen-bond acceptors (Lipinski definition) is 1. The van der Waals surface area contributed by atoms with Crippen LogP contribution in [-0.4, -0.2) is 0 Å². The largest absolute Gasteiger partial charge is 0.324 e. The monoisotopic (exact) mass is 279 g/mol. The maximum Gasteiger partial charge on any atom is 0.123 e. The number of nitrogens with two attached hydrogens (primary N) is 1. The maximum absolute atomic E-state index is 13.4. The van der Waals surface area contributed by atoms with Crippen LogP contribution >= 0.6 is 0 Å². The van der Waals surface area contributed by atoms with Crippen molar-refractivity contribution >= 4 is 10.8 Å². The molecule has 1 nitrogen and oxygen atoms in total. The number of fused-ring (bicyclic) bond motifs is 1. The number of aryl methyl sites for hydroxylation is 1. The van der Waals surface area contributed by atoms with Crippen LogP contribution in [0.4, 0.5) is 4.39 Å². The summed E-state index contributed by atoms with van der Waals surface area (Å²) in [5, 5.41) is 2.39. The minimum absolute atomic E-state index is 0.130. The number of halogens is 1. The summed E-state index contributed by atoms with van der Waals surface area (Å²) in [7, 11) is 0. The SMILES string of the molecule is Cc1ccc(F)cc1CC(N)c1ccc2ccccc2c1. The molecule has 0 radical (unpaired) electrons. The fraction of sp³-hybridized carbons (Fsp3) is 0.158. The van der Waals surface area contributed by atoms with Crippen molar-refractivity contribution in [2.75, 3.05) is 0 Å². The zero-order valence-corrected chi connectivity index (χ0v) is 12.0. The molecule has 3 aromatic carbocycles. The van der Waals surface area contributed by atoms with Gasteiger partial charge in [0, 0.05) is 6.04 Å². The molecule has 1 unspecified atom stereocenters. The van der Waals surface area contributed by atoms with E-state index < -0.39 is 0 Å². The van der Waals surface area contributed by atoms with Crippen LogP contribution in [0.1, 0.15) is 22.7 Å². The molecule has 1 atom stereocenters. The third-order valence-corrected chi connectivity index (χ3v) is 3.95. The van der Waals surface area contributed by atoms with Crippen molar-refractivity contribution in [3.05, 3.63) is 83.2 Å². The van der Waals surface area contributed by atoms with Gasteiger partial charge in [0.05, 0.1) is 0 Å². The Labute approximate surface area is 124 Å². The molecule has 3 aromatic rings. The first-order chi connectivity index (χ1) is 10.1. The Morgan fingerprint density at radius 2 is 1.71 bits per heavy atom. The van der Waals surface area contributed by atoms with E-state index in [1.807, 2.05) is 19.1 Å². The van der Waals surface area contributed by atoms with Gasteiger partial charge in [-0.15, -0.1) is 0 Å². The van der Waals surface area contributed by atoms with Crippen molar-refractivity contribution < 1.29 is 4.39 Å². The Hall–Kier alpha value is -2.19. The van der Waals surface area contributed by atoms with Gasteiger partial charge in [0.25, 0.3) is 0 Å². The quantitative estimate of drug-likeness (QED) is 0.749. The third-order valence-electron chi connectivity index (χ3n) is 3.95. The highest BCUT2D eigenvalue weighted by molar-refractivity contribution is 5.83. The summed E-state index contributed by atoms with van der Waals surface area (Å²) >= 11 is 0. The Morgan fingerprint density at radius 1 is 0.952 bits per heavy atom. The smallest absolute Gasteiger partial charge is 0.123 e. The second-order valence-electron chi connectivity index (χ2n) is 5.49. The molecule has 0 aromatic heterocycles. The predicted molar refractivity (Wildman–Crippen MR) is 85.7 cm³/mol. The lowest BCUT2D eigenvalue weighted by Gasteiger charge is -2.15. The Balaban J connectivity index is 1.89. The van der Waals surface area contributed by atoms with E-state index in [1.165, 1.54) is 16.8 Å². The van der Waals surface area contributed by atoms with Crippen LogP contribution < -0.4 is 5.73 Å². The number of hydrogen-bond donors (Lipinski definition) is 1. The van der Waals surface area contributed by atoms with Crippen LogP contribution in [0.2, 0.25) is 0 Å². The summed E-state index contributed by atoms with van der Waals surface area (Å²) in [6, 6.07) is 19.2. The molecule has 0 bridgehead atoms. The minimum atomic E-state index is -0.207. The van der Waals surface area contributed by atoms with Crippen molar-refractivity contribution in [3.63, 3.8) is 0 Å². The average molecular weight is 279 g/mol. The fourth-order valence-electron chi connectivity index (χ4n) is 2.65. The van der Waals surface area contributed by atoms with Gasteiger partial charge in [-0.1, -0.05) is 42.5 Å². The first kappa shape index (κ1) is 13.8. The summed E-state index contributed by atoms with van der Waals surface area (Å²) in [4.78, 5) is 0. The van der Waals surface area contributed by atoms with E-state index >= 15 is 0 Å². The van der Waals surface area contributed by atoms with Gasteiger partial charge in [-0.05, 0) is 59.0 Å². The van der Waals surface area contributed by atoms with E-state index in [2.05, 4.69) is 30.3 Å². The van der Waals surface area contributed by atoms with E-state index in [4.69, 9.17) is 5.73 Å². The van der Waals surface area contributed by atoms with Crippen LogP contribution in [0.3, 0.4) is 0 Å². The number of rotatable bonds is 3. The van der Waals surface area contributed by atoms with Crippen molar-refractivity contribution in [1.29, 1.82) is 0 Å². The molecular formula is C19H18FN. The van der Waals surface area contributed by atoms with Gasteiger partial charge in [-0.3, -0.25) is 0 Å². The van der Waals surface area contributed by atoms with Crippen molar-refractivity contribution in [2.24, 2.45) is 5.73 Å². The topological polar surface area (TPSA) is 26.0 Å². The summed E-state index contributed by atoms with van der Waals surface area (Å²) in [5.74, 6) is -0.207. The lowest BCUT2D eigenvalue weighted by Crippen LogP contribution is -2.14. The first-order valence-corrected chi connectivity index (χ1v) is 7.13. The highest BCUT2D eigenvalue weighted by atomic mass is 19.1. The molecule has 0 spiro atoms. The van der Waals surface area contributed by atoms with Gasteiger partial charge in [0.2, 0.25) is 0 Å². The molecule has 0 saturated carbocycles. The first-order valence-electron chi connectivity index (χ1n) is 7.13. The Bertz CT molecular complexity index is 779. The second-order valence-corrected chi connectivity index (χ2v) is 5.49. The molecular weight excluding hydrogens is 261 g/mol. The zero-order valence-electron chi connectivity index (χ0n) is 12.0. The maximum atomic E-state index is 13.4. The molecule has 3 rings (SSSR count). The Kier molecular flexibility index (Phi) is 3.72. The molecule has 0 aliphatic heterocycles. The molecule has 0 saturated heterocycles. The van der Waals surface area contributed by atoms with Crippen LogP contribution in [-0.2, 0) is 6.42 Å². The van der Waals surface area contributed by atoms with Gasteiger partial charge in [-0.2, -0.15) is 0 Å². The van der Waals surface area contributed by atoms with E-state index in [0.29, 0.717) is 6.42 Å². The van der Waals surface area contributed by atoms with Crippen LogP contribution in [0, 0.1) is 12.7 Å². The van der Waals surface area contributed by atoms with Crippen LogP contribution in [0.15, 0.2) is 60.7 Å². The standard InChI is InChI=1S/C19H18FN/c1-13-6-9-18(20)11-17(13)12-19(21)16-8-7-14-4-2-3-5-15(14)10-16/h2-11,19H,12,21H2,1H3. The summed E-state index contributed by atoms with van der Waals surface area (Å²) in [6.45, 7) is 1.99. The van der Waals surface area contributed by atoms with E-state index in [1.54, 1.807) is 12.1 Å². The molecule has 0 aliphatic rings. The number of benzene rings is 3. The normalized spacial score (nSPS) is 12.5. The van der Waals surface area contributed by atoms with Crippen molar-refractivity contribution in [2.45, 2.75) is 19.4 Å². The van der Waals surface area contributed by atoms with Gasteiger partial charge in [0.1, 0.15) is 5.82 Å². The predicted octanol–water partition coefficient (Wildman–Crippen LogP) is 4.53. The fourth-order valence-corrected chi connectivity index (χ4v) is 2.65. The zero-order chi connectivity index (χ0) is 14.8. The van der Waals surface area contributed by atoms with Gasteiger partial charge < -0.3 is 5.73 Å². The van der Waals surface area contributed by atoms with Gasteiger partial charge in [-0.25, -0.2) is 4.39 Å². The lowest BCUT2D eigenvalue weighted by molar-refractivity contribution is 0.621. The Morgan fingerprint density at radius 3 is 2.52 bits per heavy atom. The van der Waals surface area contributed by atoms with Crippen molar-refractivity contribution in [3.8, 4) is 0 Å². The van der Waals surface area contributed by atoms with Gasteiger partial charge in [0.15, 0.2) is 0 Å². The van der Waals surface area contributed by atoms with E-state index in [9.17, 15) is 4.39 Å². The highest BCUT2D eigenvalue weighted by Crippen LogP contribution is 2.23. The molecule has 0 fully saturated rings. The minimum Gasteiger partial charge on any atom is -0.324 e. The molecule has 2 N–H and O–H groups in total. The molecule has 0 amide bonds. The van der Waals surface area contributed by atoms with E-state index in [-0.39, 0.29) is 11.9 Å². The molecule has 106 valence electrons. The van der Waals surface area contributed by atoms with Crippen molar-refractivity contribution in [1.82, 2.24) is 0 Å². The second kappa shape index (κ2) is 5.66. The summed E-state index contributed by atoms with van der Waals surface area (Å²) in [6.07, 6.45) is 0.641. The summed E-state index contributed by atoms with van der Waals surface area (Å²) in [5.41, 5.74) is 9.44. The van der Waals surface area contributed by atoms with Crippen LogP contribution in [0.5, 0.6) is 0 Å². The highest BCUT2D eigenvalue weighted by Gasteiger charge is 2.10.